The second kappa shape index (κ2) is 6.59. The molecule has 0 heterocycles. The lowest BCUT2D eigenvalue weighted by atomic mass is 10.2. The summed E-state index contributed by atoms with van der Waals surface area (Å²) < 4.78 is 5.66. The smallest absolute Gasteiger partial charge is 0.251 e. The maximum atomic E-state index is 11.7. The first-order valence-corrected chi connectivity index (χ1v) is 6.41. The summed E-state index contributed by atoms with van der Waals surface area (Å²) in [4.78, 5) is 11.7. The van der Waals surface area contributed by atoms with Crippen LogP contribution in [0.1, 0.15) is 23.7 Å². The van der Waals surface area contributed by atoms with Crippen molar-refractivity contribution in [3.63, 3.8) is 0 Å². The van der Waals surface area contributed by atoms with Gasteiger partial charge in [-0.15, -0.1) is 0 Å². The molecule has 0 bridgehead atoms. The number of rotatable bonds is 5. The van der Waals surface area contributed by atoms with E-state index in [0.29, 0.717) is 12.1 Å². The molecule has 1 N–H and O–H groups in total. The van der Waals surface area contributed by atoms with Crippen molar-refractivity contribution in [2.45, 2.75) is 13.3 Å². The van der Waals surface area contributed by atoms with Gasteiger partial charge in [0.05, 0.1) is 0 Å². The van der Waals surface area contributed by atoms with Gasteiger partial charge in [-0.05, 0) is 42.8 Å². The van der Waals surface area contributed by atoms with E-state index in [1.807, 2.05) is 37.3 Å². The molecule has 0 aliphatic carbocycles. The molecular formula is C16H17NO2. The quantitative estimate of drug-likeness (QED) is 0.886. The first-order valence-electron chi connectivity index (χ1n) is 6.41. The highest BCUT2D eigenvalue weighted by Gasteiger charge is 2.04. The molecule has 19 heavy (non-hydrogen) atoms. The van der Waals surface area contributed by atoms with Crippen molar-refractivity contribution in [3.05, 3.63) is 60.2 Å². The van der Waals surface area contributed by atoms with Crippen LogP contribution in [0.2, 0.25) is 0 Å². The van der Waals surface area contributed by atoms with Crippen molar-refractivity contribution in [1.29, 1.82) is 0 Å². The Labute approximate surface area is 113 Å². The van der Waals surface area contributed by atoms with Gasteiger partial charge >= 0.3 is 0 Å². The highest BCUT2D eigenvalue weighted by atomic mass is 16.5. The van der Waals surface area contributed by atoms with Crippen LogP contribution in [0.3, 0.4) is 0 Å². The van der Waals surface area contributed by atoms with E-state index in [1.165, 1.54) is 0 Å². The van der Waals surface area contributed by atoms with Crippen LogP contribution in [-0.4, -0.2) is 12.5 Å². The summed E-state index contributed by atoms with van der Waals surface area (Å²) in [6, 6.07) is 16.7. The fraction of sp³-hybridized carbons (Fsp3) is 0.188. The monoisotopic (exact) mass is 255 g/mol. The van der Waals surface area contributed by atoms with Gasteiger partial charge in [0.25, 0.3) is 5.91 Å². The summed E-state index contributed by atoms with van der Waals surface area (Å²) in [6.45, 7) is 2.72. The van der Waals surface area contributed by atoms with Gasteiger partial charge < -0.3 is 10.1 Å². The molecule has 0 aromatic heterocycles. The fourth-order valence-electron chi connectivity index (χ4n) is 1.64. The molecule has 1 amide bonds. The minimum atomic E-state index is -0.0480. The summed E-state index contributed by atoms with van der Waals surface area (Å²) in [6.07, 6.45) is 0.931. The van der Waals surface area contributed by atoms with Crippen LogP contribution < -0.4 is 10.1 Å². The molecule has 0 radical (unpaired) electrons. The number of hydrogen-bond acceptors (Lipinski definition) is 2. The maximum Gasteiger partial charge on any atom is 0.251 e. The summed E-state index contributed by atoms with van der Waals surface area (Å²) in [5.74, 6) is 1.46. The van der Waals surface area contributed by atoms with Crippen molar-refractivity contribution in [2.75, 3.05) is 6.54 Å². The fourth-order valence-corrected chi connectivity index (χ4v) is 1.64. The summed E-state index contributed by atoms with van der Waals surface area (Å²) >= 11 is 0. The van der Waals surface area contributed by atoms with Crippen molar-refractivity contribution >= 4 is 5.91 Å². The van der Waals surface area contributed by atoms with Crippen LogP contribution in [0.25, 0.3) is 0 Å². The molecule has 2 rings (SSSR count). The van der Waals surface area contributed by atoms with Crippen LogP contribution in [0.15, 0.2) is 54.6 Å². The summed E-state index contributed by atoms with van der Waals surface area (Å²) in [5.41, 5.74) is 0.647. The molecule has 0 aliphatic heterocycles. The summed E-state index contributed by atoms with van der Waals surface area (Å²) in [7, 11) is 0. The van der Waals surface area contributed by atoms with Crippen LogP contribution in [-0.2, 0) is 0 Å². The Morgan fingerprint density at radius 1 is 1.00 bits per heavy atom. The van der Waals surface area contributed by atoms with Gasteiger partial charge in [-0.1, -0.05) is 25.1 Å². The molecule has 0 saturated carbocycles. The van der Waals surface area contributed by atoms with Gasteiger partial charge in [0.15, 0.2) is 0 Å². The molecule has 0 unspecified atom stereocenters. The standard InChI is InChI=1S/C16H17NO2/c1-2-12-17-16(18)13-8-10-15(11-9-13)19-14-6-4-3-5-7-14/h3-11H,2,12H2,1H3,(H,17,18). The van der Waals surface area contributed by atoms with E-state index < -0.39 is 0 Å². The molecule has 98 valence electrons. The van der Waals surface area contributed by atoms with Crippen LogP contribution in [0, 0.1) is 0 Å². The molecule has 3 nitrogen and oxygen atoms in total. The van der Waals surface area contributed by atoms with E-state index in [1.54, 1.807) is 24.3 Å². The van der Waals surface area contributed by atoms with Crippen LogP contribution >= 0.6 is 0 Å². The Bertz CT molecular complexity index is 520. The van der Waals surface area contributed by atoms with Gasteiger partial charge in [0, 0.05) is 12.1 Å². The number of carbonyl (C=O) groups is 1. The van der Waals surface area contributed by atoms with E-state index in [0.717, 1.165) is 17.9 Å². The summed E-state index contributed by atoms with van der Waals surface area (Å²) in [5, 5.41) is 2.84. The van der Waals surface area contributed by atoms with E-state index >= 15 is 0 Å². The first kappa shape index (κ1) is 13.1. The molecule has 2 aromatic carbocycles. The van der Waals surface area contributed by atoms with Crippen molar-refractivity contribution < 1.29 is 9.53 Å². The maximum absolute atomic E-state index is 11.7. The van der Waals surface area contributed by atoms with Gasteiger partial charge in [0.1, 0.15) is 11.5 Å². The number of benzene rings is 2. The number of carbonyl (C=O) groups excluding carboxylic acids is 1. The van der Waals surface area contributed by atoms with E-state index in [2.05, 4.69) is 5.32 Å². The average Bonchev–Trinajstić information content (AvgIpc) is 2.46. The molecule has 0 saturated heterocycles. The lowest BCUT2D eigenvalue weighted by Crippen LogP contribution is -2.23. The van der Waals surface area contributed by atoms with E-state index in [9.17, 15) is 4.79 Å². The number of amides is 1. The molecule has 3 heteroatoms. The zero-order valence-corrected chi connectivity index (χ0v) is 10.9. The van der Waals surface area contributed by atoms with Crippen molar-refractivity contribution in [1.82, 2.24) is 5.32 Å². The SMILES string of the molecule is CCCNC(=O)c1ccc(Oc2ccccc2)cc1. The molecule has 0 aliphatic rings. The Balaban J connectivity index is 2.00. The number of hydrogen-bond donors (Lipinski definition) is 1. The van der Waals surface area contributed by atoms with Gasteiger partial charge in [-0.2, -0.15) is 0 Å². The average molecular weight is 255 g/mol. The Morgan fingerprint density at radius 3 is 2.26 bits per heavy atom. The van der Waals surface area contributed by atoms with Crippen molar-refractivity contribution in [3.8, 4) is 11.5 Å². The van der Waals surface area contributed by atoms with Crippen LogP contribution in [0.4, 0.5) is 0 Å². The zero-order valence-electron chi connectivity index (χ0n) is 10.9. The minimum absolute atomic E-state index is 0.0480. The lowest BCUT2D eigenvalue weighted by molar-refractivity contribution is 0.0953. The van der Waals surface area contributed by atoms with Crippen molar-refractivity contribution in [2.24, 2.45) is 0 Å². The molecule has 0 fully saturated rings. The minimum Gasteiger partial charge on any atom is -0.457 e. The molecule has 2 aromatic rings. The van der Waals surface area contributed by atoms with E-state index in [-0.39, 0.29) is 5.91 Å². The zero-order chi connectivity index (χ0) is 13.5. The third-order valence-corrected chi connectivity index (χ3v) is 2.63. The molecule has 0 spiro atoms. The highest BCUT2D eigenvalue weighted by Crippen LogP contribution is 2.20. The molecule has 0 atom stereocenters. The topological polar surface area (TPSA) is 38.3 Å². The Morgan fingerprint density at radius 2 is 1.63 bits per heavy atom. The van der Waals surface area contributed by atoms with Gasteiger partial charge in [-0.25, -0.2) is 0 Å². The number of nitrogens with one attached hydrogen (secondary N) is 1. The predicted molar refractivity (Wildman–Crippen MR) is 75.6 cm³/mol. The largest absolute Gasteiger partial charge is 0.457 e. The lowest BCUT2D eigenvalue weighted by Gasteiger charge is -2.07. The second-order valence-electron chi connectivity index (χ2n) is 4.20. The molecular weight excluding hydrogens is 238 g/mol. The first-order chi connectivity index (χ1) is 9.29. The normalized spacial score (nSPS) is 9.95. The van der Waals surface area contributed by atoms with Gasteiger partial charge in [0.2, 0.25) is 0 Å². The third kappa shape index (κ3) is 3.85. The number of para-hydroxylation sites is 1. The second-order valence-corrected chi connectivity index (χ2v) is 4.20. The number of ether oxygens (including phenoxy) is 1. The highest BCUT2D eigenvalue weighted by molar-refractivity contribution is 5.94. The third-order valence-electron chi connectivity index (χ3n) is 2.63. The van der Waals surface area contributed by atoms with Crippen LogP contribution in [0.5, 0.6) is 11.5 Å². The van der Waals surface area contributed by atoms with Gasteiger partial charge in [-0.3, -0.25) is 4.79 Å². The Kier molecular flexibility index (Phi) is 4.56. The van der Waals surface area contributed by atoms with E-state index in [4.69, 9.17) is 4.74 Å². The predicted octanol–water partition coefficient (Wildman–Crippen LogP) is 3.62. The Hall–Kier alpha value is -2.29.